The van der Waals surface area contributed by atoms with Gasteiger partial charge in [-0.05, 0) is 42.9 Å². The van der Waals surface area contributed by atoms with Gasteiger partial charge in [0.15, 0.2) is 0 Å². The number of sulfonamides is 1. The number of rotatable bonds is 4. The molecular formula is C13H25NO3S. The fourth-order valence-corrected chi connectivity index (χ4v) is 5.32. The molecule has 4 nitrogen and oxygen atoms in total. The van der Waals surface area contributed by atoms with E-state index in [9.17, 15) is 8.42 Å². The van der Waals surface area contributed by atoms with Gasteiger partial charge < -0.3 is 5.11 Å². The van der Waals surface area contributed by atoms with Crippen LogP contribution in [-0.2, 0) is 10.0 Å². The third kappa shape index (κ3) is 2.00. The summed E-state index contributed by atoms with van der Waals surface area (Å²) in [5, 5.41) is 8.31. The molecule has 2 aliphatic rings. The highest BCUT2D eigenvalue weighted by molar-refractivity contribution is 7.90. The highest BCUT2D eigenvalue weighted by Gasteiger charge is 2.60. The molecular weight excluding hydrogens is 250 g/mol. The van der Waals surface area contributed by atoms with E-state index < -0.39 is 15.3 Å². The third-order valence-corrected chi connectivity index (χ3v) is 7.11. The maximum absolute atomic E-state index is 12.2. The smallest absolute Gasteiger partial charge is 0.216 e. The molecule has 2 rings (SSSR count). The van der Waals surface area contributed by atoms with Crippen molar-refractivity contribution in [2.75, 3.05) is 6.61 Å². The summed E-state index contributed by atoms with van der Waals surface area (Å²) in [7, 11) is -3.43. The topological polar surface area (TPSA) is 66.4 Å². The number of aliphatic hydroxyl groups excluding tert-OH is 1. The molecule has 0 heterocycles. The first-order chi connectivity index (χ1) is 8.13. The first-order valence-corrected chi connectivity index (χ1v) is 8.30. The Morgan fingerprint density at radius 3 is 2.44 bits per heavy atom. The molecule has 4 atom stereocenters. The summed E-state index contributed by atoms with van der Waals surface area (Å²) in [5.74, 6) is 0.611. The third-order valence-electron chi connectivity index (χ3n) is 5.34. The summed E-state index contributed by atoms with van der Waals surface area (Å²) >= 11 is 0. The van der Waals surface area contributed by atoms with Crippen molar-refractivity contribution in [1.29, 1.82) is 0 Å². The Balaban J connectivity index is 2.24. The van der Waals surface area contributed by atoms with E-state index in [2.05, 4.69) is 25.5 Å². The minimum absolute atomic E-state index is 0.00917. The lowest BCUT2D eigenvalue weighted by Gasteiger charge is -2.43. The lowest BCUT2D eigenvalue weighted by Crippen LogP contribution is -2.54. The fourth-order valence-electron chi connectivity index (χ4n) is 3.97. The molecule has 0 aromatic rings. The molecule has 5 heteroatoms. The fraction of sp³-hybridized carbons (Fsp3) is 1.00. The molecule has 4 unspecified atom stereocenters. The van der Waals surface area contributed by atoms with Gasteiger partial charge in [-0.15, -0.1) is 0 Å². The number of fused-ring (bicyclic) bond motifs is 2. The van der Waals surface area contributed by atoms with Gasteiger partial charge in [-0.2, -0.15) is 0 Å². The van der Waals surface area contributed by atoms with Crippen LogP contribution < -0.4 is 4.72 Å². The van der Waals surface area contributed by atoms with E-state index in [4.69, 9.17) is 5.11 Å². The van der Waals surface area contributed by atoms with Crippen LogP contribution >= 0.6 is 0 Å². The van der Waals surface area contributed by atoms with Crippen molar-refractivity contribution in [3.63, 3.8) is 0 Å². The molecule has 0 aromatic heterocycles. The zero-order chi connectivity index (χ0) is 13.8. The van der Waals surface area contributed by atoms with E-state index >= 15 is 0 Å². The summed E-state index contributed by atoms with van der Waals surface area (Å²) in [5.41, 5.74) is 0.0889. The molecule has 18 heavy (non-hydrogen) atoms. The number of hydrogen-bond acceptors (Lipinski definition) is 3. The van der Waals surface area contributed by atoms with Crippen molar-refractivity contribution in [2.24, 2.45) is 16.7 Å². The Morgan fingerprint density at radius 1 is 1.39 bits per heavy atom. The van der Waals surface area contributed by atoms with E-state index in [1.54, 1.807) is 6.92 Å². The molecule has 0 saturated heterocycles. The van der Waals surface area contributed by atoms with Crippen LogP contribution in [0.5, 0.6) is 0 Å². The summed E-state index contributed by atoms with van der Waals surface area (Å²) in [4.78, 5) is 0. The summed E-state index contributed by atoms with van der Waals surface area (Å²) in [6.07, 6.45) is 3.42. The highest BCUT2D eigenvalue weighted by atomic mass is 32.2. The van der Waals surface area contributed by atoms with E-state index in [1.807, 2.05) is 0 Å². The SMILES string of the molecule is CC(CO)S(=O)(=O)NC1C2(C)CCC(C2)C1(C)C. The van der Waals surface area contributed by atoms with Gasteiger partial charge in [-0.3, -0.25) is 0 Å². The van der Waals surface area contributed by atoms with E-state index in [0.717, 1.165) is 12.8 Å². The van der Waals surface area contributed by atoms with Crippen LogP contribution in [0, 0.1) is 16.7 Å². The second-order valence-corrected chi connectivity index (χ2v) is 9.13. The average Bonchev–Trinajstić information content (AvgIpc) is 2.74. The molecule has 2 aliphatic carbocycles. The Kier molecular flexibility index (Phi) is 3.32. The molecule has 2 bridgehead atoms. The normalized spacial score (nSPS) is 40.1. The first-order valence-electron chi connectivity index (χ1n) is 6.75. The predicted molar refractivity (Wildman–Crippen MR) is 71.6 cm³/mol. The summed E-state index contributed by atoms with van der Waals surface area (Å²) in [6.45, 7) is 7.74. The maximum Gasteiger partial charge on any atom is 0.216 e. The average molecular weight is 275 g/mol. The van der Waals surface area contributed by atoms with Gasteiger partial charge >= 0.3 is 0 Å². The molecule has 0 aromatic carbocycles. The second-order valence-electron chi connectivity index (χ2n) is 7.00. The lowest BCUT2D eigenvalue weighted by atomic mass is 9.69. The van der Waals surface area contributed by atoms with Crippen molar-refractivity contribution in [3.05, 3.63) is 0 Å². The van der Waals surface area contributed by atoms with Crippen molar-refractivity contribution in [2.45, 2.75) is 58.2 Å². The van der Waals surface area contributed by atoms with Crippen LogP contribution in [0.15, 0.2) is 0 Å². The van der Waals surface area contributed by atoms with Gasteiger partial charge in [0.25, 0.3) is 0 Å². The molecule has 0 spiro atoms. The monoisotopic (exact) mass is 275 g/mol. The van der Waals surface area contributed by atoms with Crippen molar-refractivity contribution >= 4 is 10.0 Å². The first kappa shape index (κ1) is 14.3. The zero-order valence-corrected chi connectivity index (χ0v) is 12.5. The largest absolute Gasteiger partial charge is 0.395 e. The number of hydrogen-bond donors (Lipinski definition) is 2. The van der Waals surface area contributed by atoms with Crippen molar-refractivity contribution in [3.8, 4) is 0 Å². The Hall–Kier alpha value is -0.130. The summed E-state index contributed by atoms with van der Waals surface area (Å²) in [6, 6.07) is -0.0113. The molecule has 2 N–H and O–H groups in total. The molecule has 0 radical (unpaired) electrons. The van der Waals surface area contributed by atoms with Crippen molar-refractivity contribution < 1.29 is 13.5 Å². The van der Waals surface area contributed by atoms with Crippen LogP contribution in [0.3, 0.4) is 0 Å². The minimum atomic E-state index is -3.43. The predicted octanol–water partition coefficient (Wildman–Crippen LogP) is 1.50. The molecule has 0 aliphatic heterocycles. The van der Waals surface area contributed by atoms with Gasteiger partial charge in [0.2, 0.25) is 10.0 Å². The van der Waals surface area contributed by atoms with Gasteiger partial charge in [0, 0.05) is 6.04 Å². The van der Waals surface area contributed by atoms with Crippen LogP contribution in [0.2, 0.25) is 0 Å². The van der Waals surface area contributed by atoms with Crippen molar-refractivity contribution in [1.82, 2.24) is 4.72 Å². The molecule has 106 valence electrons. The van der Waals surface area contributed by atoms with Gasteiger partial charge in [-0.1, -0.05) is 20.8 Å². The van der Waals surface area contributed by atoms with E-state index in [0.29, 0.717) is 5.92 Å². The van der Waals surface area contributed by atoms with E-state index in [-0.39, 0.29) is 23.5 Å². The van der Waals surface area contributed by atoms with Crippen LogP contribution in [0.4, 0.5) is 0 Å². The Labute approximate surface area is 110 Å². The quantitative estimate of drug-likeness (QED) is 0.817. The minimum Gasteiger partial charge on any atom is -0.395 e. The molecule has 2 fully saturated rings. The van der Waals surface area contributed by atoms with Gasteiger partial charge in [0.05, 0.1) is 11.9 Å². The number of aliphatic hydroxyl groups is 1. The van der Waals surface area contributed by atoms with Gasteiger partial charge in [-0.25, -0.2) is 13.1 Å². The lowest BCUT2D eigenvalue weighted by molar-refractivity contribution is 0.127. The second kappa shape index (κ2) is 4.18. The van der Waals surface area contributed by atoms with Crippen LogP contribution in [0.25, 0.3) is 0 Å². The molecule has 2 saturated carbocycles. The maximum atomic E-state index is 12.2. The zero-order valence-electron chi connectivity index (χ0n) is 11.7. The Bertz CT molecular complexity index is 427. The number of nitrogens with one attached hydrogen (secondary N) is 1. The van der Waals surface area contributed by atoms with E-state index in [1.165, 1.54) is 6.42 Å². The Morgan fingerprint density at radius 2 is 2.00 bits per heavy atom. The summed E-state index contributed by atoms with van der Waals surface area (Å²) < 4.78 is 27.2. The van der Waals surface area contributed by atoms with Crippen LogP contribution in [0.1, 0.15) is 47.0 Å². The van der Waals surface area contributed by atoms with Crippen LogP contribution in [-0.4, -0.2) is 31.4 Å². The molecule has 0 amide bonds. The van der Waals surface area contributed by atoms with Gasteiger partial charge in [0.1, 0.15) is 0 Å². The highest BCUT2D eigenvalue weighted by Crippen LogP contribution is 2.62. The standard InChI is InChI=1S/C13H25NO3S/c1-9(8-15)18(16,17)14-11-12(2,3)10-5-6-13(11,4)7-10/h9-11,14-15H,5-8H2,1-4H3.